The van der Waals surface area contributed by atoms with Gasteiger partial charge in [0.05, 0.1) is 5.56 Å². The molecule has 0 aliphatic heterocycles. The van der Waals surface area contributed by atoms with E-state index in [1.165, 1.54) is 0 Å². The molecule has 0 bridgehead atoms. The highest BCUT2D eigenvalue weighted by Gasteiger charge is 2.37. The molecule has 1 amide bonds. The second kappa shape index (κ2) is 6.48. The number of nitriles is 1. The van der Waals surface area contributed by atoms with E-state index in [0.29, 0.717) is 5.56 Å². The van der Waals surface area contributed by atoms with Crippen LogP contribution in [0.2, 0.25) is 0 Å². The predicted molar refractivity (Wildman–Crippen MR) is 103 cm³/mol. The third-order valence-corrected chi connectivity index (χ3v) is 5.08. The van der Waals surface area contributed by atoms with E-state index in [-0.39, 0.29) is 18.2 Å². The fraction of sp³-hybridized carbons (Fsp3) is 0.500. The maximum atomic E-state index is 12.2. The number of nitrogens with zero attached hydrogens (tertiary/aromatic N) is 4. The lowest BCUT2D eigenvalue weighted by Crippen LogP contribution is -2.47. The minimum absolute atomic E-state index is 0.144. The number of ether oxygens (including phenoxy) is 1. The highest BCUT2D eigenvalue weighted by molar-refractivity contribution is 14.1. The third-order valence-electron chi connectivity index (χ3n) is 4.48. The molecule has 25 heavy (non-hydrogen) atoms. The summed E-state index contributed by atoms with van der Waals surface area (Å²) in [7, 11) is 1.78. The smallest absolute Gasteiger partial charge is 0.410 e. The number of rotatable bonds is 2. The van der Waals surface area contributed by atoms with Crippen LogP contribution in [0, 0.1) is 15.0 Å². The van der Waals surface area contributed by atoms with E-state index in [1.54, 1.807) is 11.9 Å². The van der Waals surface area contributed by atoms with Crippen LogP contribution in [-0.2, 0) is 4.74 Å². The molecule has 0 saturated heterocycles. The topological polar surface area (TPSA) is 71.2 Å². The van der Waals surface area contributed by atoms with E-state index in [2.05, 4.69) is 38.2 Å². The molecule has 0 aromatic carbocycles. The van der Waals surface area contributed by atoms with Crippen LogP contribution in [0.25, 0.3) is 11.0 Å². The van der Waals surface area contributed by atoms with Gasteiger partial charge >= 0.3 is 6.09 Å². The van der Waals surface area contributed by atoms with Crippen LogP contribution >= 0.6 is 22.6 Å². The number of fused-ring (bicyclic) bond motifs is 1. The van der Waals surface area contributed by atoms with Gasteiger partial charge in [-0.05, 0) is 68.3 Å². The number of pyridine rings is 1. The highest BCUT2D eigenvalue weighted by Crippen LogP contribution is 2.38. The highest BCUT2D eigenvalue weighted by atomic mass is 127. The first kappa shape index (κ1) is 18.0. The van der Waals surface area contributed by atoms with Crippen LogP contribution in [-0.4, -0.2) is 39.2 Å². The van der Waals surface area contributed by atoms with Crippen LogP contribution < -0.4 is 0 Å². The van der Waals surface area contributed by atoms with Gasteiger partial charge in [-0.3, -0.25) is 0 Å². The maximum Gasteiger partial charge on any atom is 0.410 e. The Kier molecular flexibility index (Phi) is 4.66. The molecule has 2 aromatic rings. The van der Waals surface area contributed by atoms with Gasteiger partial charge in [-0.2, -0.15) is 5.26 Å². The van der Waals surface area contributed by atoms with Crippen LogP contribution in [0.1, 0.15) is 45.2 Å². The number of aromatic nitrogens is 2. The lowest BCUT2D eigenvalue weighted by molar-refractivity contribution is 0.00809. The second-order valence-corrected chi connectivity index (χ2v) is 8.54. The molecule has 7 heteroatoms. The Balaban J connectivity index is 1.75. The SMILES string of the molecule is CN(C(=O)OC(C)(C)C)C1CC(n2cc(C#N)c3ccc(I)nc32)C1. The summed E-state index contributed by atoms with van der Waals surface area (Å²) in [6.45, 7) is 5.60. The van der Waals surface area contributed by atoms with Gasteiger partial charge in [-0.15, -0.1) is 0 Å². The number of hydrogen-bond donors (Lipinski definition) is 0. The number of carbonyl (C=O) groups excluding carboxylic acids is 1. The Morgan fingerprint density at radius 2 is 2.12 bits per heavy atom. The number of amides is 1. The molecule has 1 aliphatic carbocycles. The van der Waals surface area contributed by atoms with Crippen molar-refractivity contribution in [2.45, 2.75) is 51.3 Å². The minimum atomic E-state index is -0.493. The van der Waals surface area contributed by atoms with Crippen molar-refractivity contribution >= 4 is 39.7 Å². The first-order valence-electron chi connectivity index (χ1n) is 8.22. The van der Waals surface area contributed by atoms with Crippen molar-refractivity contribution in [1.82, 2.24) is 14.5 Å². The van der Waals surface area contributed by atoms with Gasteiger partial charge in [-0.25, -0.2) is 9.78 Å². The molecule has 0 atom stereocenters. The summed E-state index contributed by atoms with van der Waals surface area (Å²) in [6, 6.07) is 6.49. The zero-order chi connectivity index (χ0) is 18.4. The Bertz CT molecular complexity index is 856. The van der Waals surface area contributed by atoms with Gasteiger partial charge < -0.3 is 14.2 Å². The number of carbonyl (C=O) groups is 1. The van der Waals surface area contributed by atoms with Crippen molar-refractivity contribution in [2.75, 3.05) is 7.05 Å². The van der Waals surface area contributed by atoms with Gasteiger partial charge in [0.1, 0.15) is 21.0 Å². The minimum Gasteiger partial charge on any atom is -0.444 e. The van der Waals surface area contributed by atoms with Crippen molar-refractivity contribution in [3.63, 3.8) is 0 Å². The number of hydrogen-bond acceptors (Lipinski definition) is 4. The van der Waals surface area contributed by atoms with E-state index < -0.39 is 5.60 Å². The molecule has 2 heterocycles. The summed E-state index contributed by atoms with van der Waals surface area (Å²) in [5.74, 6) is 0. The van der Waals surface area contributed by atoms with Crippen LogP contribution in [0.5, 0.6) is 0 Å². The molecule has 132 valence electrons. The van der Waals surface area contributed by atoms with Crippen molar-refractivity contribution < 1.29 is 9.53 Å². The molecule has 1 fully saturated rings. The predicted octanol–water partition coefficient (Wildman–Crippen LogP) is 4.08. The molecular formula is C18H21IN4O2. The molecule has 0 spiro atoms. The van der Waals surface area contributed by atoms with E-state index >= 15 is 0 Å². The van der Waals surface area contributed by atoms with Crippen LogP contribution in [0.4, 0.5) is 4.79 Å². The third kappa shape index (κ3) is 3.59. The zero-order valence-electron chi connectivity index (χ0n) is 14.8. The Hall–Kier alpha value is -1.82. The van der Waals surface area contributed by atoms with E-state index in [9.17, 15) is 10.1 Å². The maximum absolute atomic E-state index is 12.2. The fourth-order valence-electron chi connectivity index (χ4n) is 3.05. The summed E-state index contributed by atoms with van der Waals surface area (Å²) in [5.41, 5.74) is 0.989. The molecule has 6 nitrogen and oxygen atoms in total. The summed E-state index contributed by atoms with van der Waals surface area (Å²) >= 11 is 2.18. The summed E-state index contributed by atoms with van der Waals surface area (Å²) in [4.78, 5) is 18.5. The first-order valence-corrected chi connectivity index (χ1v) is 9.30. The Morgan fingerprint density at radius 1 is 1.44 bits per heavy atom. The molecule has 1 aliphatic rings. The lowest BCUT2D eigenvalue weighted by atomic mass is 9.85. The van der Waals surface area contributed by atoms with Crippen molar-refractivity contribution in [3.8, 4) is 6.07 Å². The van der Waals surface area contributed by atoms with Crippen LogP contribution in [0.15, 0.2) is 18.3 Å². The van der Waals surface area contributed by atoms with Gasteiger partial charge in [-0.1, -0.05) is 0 Å². The van der Waals surface area contributed by atoms with Gasteiger partial charge in [0.2, 0.25) is 0 Å². The zero-order valence-corrected chi connectivity index (χ0v) is 16.9. The molecule has 2 aromatic heterocycles. The quantitative estimate of drug-likeness (QED) is 0.509. The van der Waals surface area contributed by atoms with Crippen molar-refractivity contribution in [2.24, 2.45) is 0 Å². The molecule has 1 saturated carbocycles. The lowest BCUT2D eigenvalue weighted by Gasteiger charge is -2.42. The summed E-state index contributed by atoms with van der Waals surface area (Å²) in [5, 5.41) is 10.2. The molecular weight excluding hydrogens is 431 g/mol. The Labute approximate surface area is 160 Å². The standard InChI is InChI=1S/C18H21IN4O2/c1-18(2,3)25-17(24)22(4)12-7-13(8-12)23-10-11(9-20)14-5-6-15(19)21-16(14)23/h5-6,10,12-13H,7-8H2,1-4H3. The normalized spacial score (nSPS) is 20.0. The first-order chi connectivity index (χ1) is 11.7. The van der Waals surface area contributed by atoms with Gasteiger partial charge in [0.25, 0.3) is 0 Å². The van der Waals surface area contributed by atoms with Gasteiger partial charge in [0.15, 0.2) is 0 Å². The summed E-state index contributed by atoms with van der Waals surface area (Å²) < 4.78 is 8.41. The second-order valence-electron chi connectivity index (χ2n) is 7.44. The molecule has 0 radical (unpaired) electrons. The molecule has 3 rings (SSSR count). The molecule has 0 unspecified atom stereocenters. The van der Waals surface area contributed by atoms with E-state index in [0.717, 1.165) is 27.6 Å². The van der Waals surface area contributed by atoms with Crippen molar-refractivity contribution in [1.29, 1.82) is 5.26 Å². The summed E-state index contributed by atoms with van der Waals surface area (Å²) in [6.07, 6.45) is 3.25. The number of halogens is 1. The average Bonchev–Trinajstić information content (AvgIpc) is 2.81. The van der Waals surface area contributed by atoms with Gasteiger partial charge in [0, 0.05) is 30.7 Å². The molecule has 0 N–H and O–H groups in total. The van der Waals surface area contributed by atoms with E-state index in [1.807, 2.05) is 39.1 Å². The fourth-order valence-corrected chi connectivity index (χ4v) is 3.46. The monoisotopic (exact) mass is 452 g/mol. The van der Waals surface area contributed by atoms with Crippen molar-refractivity contribution in [3.05, 3.63) is 27.6 Å². The van der Waals surface area contributed by atoms with E-state index in [4.69, 9.17) is 4.74 Å². The average molecular weight is 452 g/mol. The largest absolute Gasteiger partial charge is 0.444 e. The Morgan fingerprint density at radius 3 is 2.72 bits per heavy atom. The van der Waals surface area contributed by atoms with Crippen LogP contribution in [0.3, 0.4) is 0 Å².